The summed E-state index contributed by atoms with van der Waals surface area (Å²) in [4.78, 5) is 2.05. The van der Waals surface area contributed by atoms with Crippen LogP contribution < -0.4 is 4.74 Å². The predicted octanol–water partition coefficient (Wildman–Crippen LogP) is 4.73. The fourth-order valence-electron chi connectivity index (χ4n) is 2.65. The van der Waals surface area contributed by atoms with E-state index in [9.17, 15) is 8.78 Å². The fraction of sp³-hybridized carbons (Fsp3) is 0.333. The average molecular weight is 419 g/mol. The van der Waals surface area contributed by atoms with Gasteiger partial charge in [0.15, 0.2) is 11.0 Å². The zero-order chi connectivity index (χ0) is 20.8. The molecular weight excluding hydrogens is 394 g/mol. The predicted molar refractivity (Wildman–Crippen MR) is 111 cm³/mol. The highest BCUT2D eigenvalue weighted by Gasteiger charge is 2.20. The Labute approximate surface area is 173 Å². The van der Waals surface area contributed by atoms with Crippen molar-refractivity contribution < 1.29 is 13.5 Å². The number of thioether (sulfide) groups is 1. The SMILES string of the molecule is C[C@H](c1nnc(SCCCOc2ccc(F)cc2)n1-c1ccc(F)cc1)N(C)C. The molecule has 0 unspecified atom stereocenters. The number of hydrogen-bond acceptors (Lipinski definition) is 5. The first kappa shape index (κ1) is 21.3. The Hall–Kier alpha value is -2.45. The second-order valence-corrected chi connectivity index (χ2v) is 7.86. The van der Waals surface area contributed by atoms with Crippen LogP contribution in [0.1, 0.15) is 25.2 Å². The van der Waals surface area contributed by atoms with Gasteiger partial charge in [-0.2, -0.15) is 0 Å². The molecule has 0 N–H and O–H groups in total. The molecule has 0 spiro atoms. The van der Waals surface area contributed by atoms with Gasteiger partial charge >= 0.3 is 0 Å². The molecule has 0 aliphatic heterocycles. The molecule has 1 aromatic heterocycles. The monoisotopic (exact) mass is 418 g/mol. The van der Waals surface area contributed by atoms with Gasteiger partial charge in [0.1, 0.15) is 17.4 Å². The third-order valence-corrected chi connectivity index (χ3v) is 5.51. The molecule has 8 heteroatoms. The number of benzene rings is 2. The van der Waals surface area contributed by atoms with Gasteiger partial charge in [0.2, 0.25) is 0 Å². The summed E-state index contributed by atoms with van der Waals surface area (Å²) < 4.78 is 33.9. The molecule has 0 aliphatic rings. The molecule has 0 saturated heterocycles. The summed E-state index contributed by atoms with van der Waals surface area (Å²) in [7, 11) is 3.96. The maximum Gasteiger partial charge on any atom is 0.195 e. The topological polar surface area (TPSA) is 43.2 Å². The second kappa shape index (κ2) is 9.84. The van der Waals surface area contributed by atoms with Crippen LogP contribution in [0.25, 0.3) is 5.69 Å². The molecule has 2 aromatic carbocycles. The van der Waals surface area contributed by atoms with Gasteiger partial charge in [-0.05, 0) is 76.0 Å². The molecule has 0 aliphatic carbocycles. The molecule has 0 saturated carbocycles. The Morgan fingerprint density at radius 1 is 1.00 bits per heavy atom. The van der Waals surface area contributed by atoms with E-state index in [4.69, 9.17) is 4.74 Å². The Balaban J connectivity index is 1.66. The van der Waals surface area contributed by atoms with Gasteiger partial charge in [-0.1, -0.05) is 11.8 Å². The van der Waals surface area contributed by atoms with E-state index in [1.807, 2.05) is 18.7 Å². The lowest BCUT2D eigenvalue weighted by Gasteiger charge is -2.20. The van der Waals surface area contributed by atoms with Crippen LogP contribution in [-0.2, 0) is 0 Å². The Bertz CT molecular complexity index is 913. The van der Waals surface area contributed by atoms with Crippen LogP contribution in [-0.4, -0.2) is 46.1 Å². The zero-order valence-corrected chi connectivity index (χ0v) is 17.5. The third kappa shape index (κ3) is 5.55. The van der Waals surface area contributed by atoms with Crippen molar-refractivity contribution in [1.29, 1.82) is 0 Å². The minimum atomic E-state index is -0.282. The molecule has 0 amide bonds. The van der Waals surface area contributed by atoms with Crippen molar-refractivity contribution in [3.63, 3.8) is 0 Å². The molecule has 3 aromatic rings. The van der Waals surface area contributed by atoms with E-state index in [0.717, 1.165) is 28.8 Å². The Morgan fingerprint density at radius 3 is 2.24 bits per heavy atom. The van der Waals surface area contributed by atoms with E-state index in [1.165, 1.54) is 24.3 Å². The number of nitrogens with zero attached hydrogens (tertiary/aromatic N) is 4. The van der Waals surface area contributed by atoms with E-state index in [2.05, 4.69) is 22.0 Å². The number of rotatable bonds is 9. The molecule has 154 valence electrons. The summed E-state index contributed by atoms with van der Waals surface area (Å²) in [6, 6.07) is 12.4. The van der Waals surface area contributed by atoms with E-state index in [1.54, 1.807) is 36.0 Å². The van der Waals surface area contributed by atoms with Gasteiger partial charge in [-0.15, -0.1) is 10.2 Å². The van der Waals surface area contributed by atoms with Crippen molar-refractivity contribution in [3.8, 4) is 11.4 Å². The molecule has 1 heterocycles. The molecule has 0 bridgehead atoms. The smallest absolute Gasteiger partial charge is 0.195 e. The van der Waals surface area contributed by atoms with E-state index in [0.29, 0.717) is 12.4 Å². The average Bonchev–Trinajstić information content (AvgIpc) is 3.12. The van der Waals surface area contributed by atoms with E-state index in [-0.39, 0.29) is 17.7 Å². The minimum Gasteiger partial charge on any atom is -0.494 e. The molecular formula is C21H24F2N4OS. The van der Waals surface area contributed by atoms with Crippen LogP contribution >= 0.6 is 11.8 Å². The zero-order valence-electron chi connectivity index (χ0n) is 16.7. The first-order valence-corrected chi connectivity index (χ1v) is 10.3. The standard InChI is InChI=1S/C21H24F2N4OS/c1-15(26(2)3)20-24-25-21(27(20)18-9-5-16(22)6-10-18)29-14-4-13-28-19-11-7-17(23)8-12-19/h5-12,15H,4,13-14H2,1-3H3/t15-/m1/s1. The summed E-state index contributed by atoms with van der Waals surface area (Å²) >= 11 is 1.57. The maximum absolute atomic E-state index is 13.4. The summed E-state index contributed by atoms with van der Waals surface area (Å²) in [5.41, 5.74) is 0.824. The molecule has 5 nitrogen and oxygen atoms in total. The maximum atomic E-state index is 13.4. The number of aromatic nitrogens is 3. The van der Waals surface area contributed by atoms with Crippen LogP contribution in [0, 0.1) is 11.6 Å². The van der Waals surface area contributed by atoms with Crippen LogP contribution in [0.15, 0.2) is 53.7 Å². The third-order valence-electron chi connectivity index (χ3n) is 4.49. The highest BCUT2D eigenvalue weighted by molar-refractivity contribution is 7.99. The van der Waals surface area contributed by atoms with Crippen molar-refractivity contribution in [1.82, 2.24) is 19.7 Å². The van der Waals surface area contributed by atoms with Crippen LogP contribution in [0.4, 0.5) is 8.78 Å². The lowest BCUT2D eigenvalue weighted by atomic mass is 10.2. The molecule has 0 radical (unpaired) electrons. The summed E-state index contributed by atoms with van der Waals surface area (Å²) in [6.45, 7) is 2.57. The molecule has 29 heavy (non-hydrogen) atoms. The van der Waals surface area contributed by atoms with Crippen molar-refractivity contribution in [2.24, 2.45) is 0 Å². The van der Waals surface area contributed by atoms with Crippen LogP contribution in [0.3, 0.4) is 0 Å². The summed E-state index contributed by atoms with van der Waals surface area (Å²) in [5, 5.41) is 9.49. The summed E-state index contributed by atoms with van der Waals surface area (Å²) in [5.74, 6) is 1.66. The van der Waals surface area contributed by atoms with E-state index >= 15 is 0 Å². The second-order valence-electron chi connectivity index (χ2n) is 6.80. The van der Waals surface area contributed by atoms with Crippen molar-refractivity contribution in [3.05, 3.63) is 66.0 Å². The molecule has 1 atom stereocenters. The van der Waals surface area contributed by atoms with Crippen molar-refractivity contribution in [2.45, 2.75) is 24.5 Å². The Morgan fingerprint density at radius 2 is 1.62 bits per heavy atom. The first-order chi connectivity index (χ1) is 14.0. The Kier molecular flexibility index (Phi) is 7.22. The highest BCUT2D eigenvalue weighted by atomic mass is 32.2. The number of hydrogen-bond donors (Lipinski definition) is 0. The van der Waals surface area contributed by atoms with Crippen molar-refractivity contribution >= 4 is 11.8 Å². The van der Waals surface area contributed by atoms with Gasteiger partial charge in [-0.25, -0.2) is 8.78 Å². The lowest BCUT2D eigenvalue weighted by Crippen LogP contribution is -2.20. The van der Waals surface area contributed by atoms with Gasteiger partial charge in [0, 0.05) is 11.4 Å². The van der Waals surface area contributed by atoms with Gasteiger partial charge in [-0.3, -0.25) is 9.47 Å². The van der Waals surface area contributed by atoms with Crippen molar-refractivity contribution in [2.75, 3.05) is 26.5 Å². The minimum absolute atomic E-state index is 0.0451. The first-order valence-electron chi connectivity index (χ1n) is 9.34. The summed E-state index contributed by atoms with van der Waals surface area (Å²) in [6.07, 6.45) is 0.789. The van der Waals surface area contributed by atoms with Crippen LogP contribution in [0.2, 0.25) is 0 Å². The molecule has 0 fully saturated rings. The quantitative estimate of drug-likeness (QED) is 0.371. The molecule has 3 rings (SSSR count). The number of halogens is 2. The normalized spacial score (nSPS) is 12.3. The van der Waals surface area contributed by atoms with Crippen LogP contribution in [0.5, 0.6) is 5.75 Å². The number of ether oxygens (including phenoxy) is 1. The van der Waals surface area contributed by atoms with Gasteiger partial charge < -0.3 is 4.74 Å². The lowest BCUT2D eigenvalue weighted by molar-refractivity contribution is 0.305. The van der Waals surface area contributed by atoms with Gasteiger partial charge in [0.25, 0.3) is 0 Å². The van der Waals surface area contributed by atoms with E-state index < -0.39 is 0 Å². The largest absolute Gasteiger partial charge is 0.494 e. The highest BCUT2D eigenvalue weighted by Crippen LogP contribution is 2.27. The van der Waals surface area contributed by atoms with Gasteiger partial charge in [0.05, 0.1) is 12.6 Å². The fourth-order valence-corrected chi connectivity index (χ4v) is 3.52.